The van der Waals surface area contributed by atoms with Crippen molar-refractivity contribution in [2.75, 3.05) is 25.4 Å². The Morgan fingerprint density at radius 3 is 2.73 bits per heavy atom. The van der Waals surface area contributed by atoms with Crippen LogP contribution in [0.25, 0.3) is 11.0 Å². The molecule has 2 heterocycles. The van der Waals surface area contributed by atoms with Crippen molar-refractivity contribution in [2.24, 2.45) is 5.41 Å². The van der Waals surface area contributed by atoms with Crippen LogP contribution in [-0.4, -0.2) is 55.1 Å². The Hall–Kier alpha value is -3.02. The van der Waals surface area contributed by atoms with Gasteiger partial charge in [-0.25, -0.2) is 9.37 Å². The van der Waals surface area contributed by atoms with Gasteiger partial charge in [-0.2, -0.15) is 12.7 Å². The first-order valence-electron chi connectivity index (χ1n) is 9.86. The minimum absolute atomic E-state index is 0.113. The van der Waals surface area contributed by atoms with Crippen molar-refractivity contribution in [1.82, 2.24) is 14.3 Å². The minimum atomic E-state index is -4.22. The molecule has 33 heavy (non-hydrogen) atoms. The second kappa shape index (κ2) is 8.40. The molecule has 0 aliphatic heterocycles. The van der Waals surface area contributed by atoms with Gasteiger partial charge in [-0.05, 0) is 31.0 Å². The number of anilines is 1. The van der Waals surface area contributed by atoms with Gasteiger partial charge in [-0.1, -0.05) is 17.7 Å². The number of carbonyl (C=O) groups excluding carboxylic acids is 2. The average molecular weight is 495 g/mol. The standard InChI is InChI=1S/C21H20ClFN4O5S/c1-27(11-21(6-7-21)20(29)32-2)33(30,31)26-16-5-3-4-13(17(16)23)18(28)15-10-25-19-14(15)8-12(22)9-24-19/h3-5,8-10,26H,6-7,11H2,1-2H3,(H,24,25). The Morgan fingerprint density at radius 1 is 1.33 bits per heavy atom. The number of hydrogen-bond donors (Lipinski definition) is 2. The van der Waals surface area contributed by atoms with Crippen molar-refractivity contribution < 1.29 is 27.1 Å². The highest BCUT2D eigenvalue weighted by Crippen LogP contribution is 2.47. The number of methoxy groups -OCH3 is 1. The number of carbonyl (C=O) groups is 2. The maximum atomic E-state index is 15.2. The zero-order valence-corrected chi connectivity index (χ0v) is 19.3. The summed E-state index contributed by atoms with van der Waals surface area (Å²) in [6.07, 6.45) is 3.80. The van der Waals surface area contributed by atoms with E-state index in [9.17, 15) is 18.0 Å². The van der Waals surface area contributed by atoms with Crippen LogP contribution >= 0.6 is 11.6 Å². The Labute approximate surface area is 194 Å². The molecule has 0 spiro atoms. The summed E-state index contributed by atoms with van der Waals surface area (Å²) in [4.78, 5) is 31.9. The van der Waals surface area contributed by atoms with Crippen LogP contribution in [0, 0.1) is 11.2 Å². The average Bonchev–Trinajstić information content (AvgIpc) is 3.44. The van der Waals surface area contributed by atoms with Gasteiger partial charge >= 0.3 is 16.2 Å². The maximum Gasteiger partial charge on any atom is 0.313 e. The van der Waals surface area contributed by atoms with Crippen LogP contribution in [0.2, 0.25) is 5.02 Å². The van der Waals surface area contributed by atoms with E-state index >= 15 is 4.39 Å². The number of ether oxygens (including phenoxy) is 1. The third-order valence-electron chi connectivity index (χ3n) is 5.63. The lowest BCUT2D eigenvalue weighted by Crippen LogP contribution is -2.39. The fourth-order valence-corrected chi connectivity index (χ4v) is 4.79. The third kappa shape index (κ3) is 4.31. The smallest absolute Gasteiger partial charge is 0.313 e. The van der Waals surface area contributed by atoms with Gasteiger partial charge in [0.25, 0.3) is 0 Å². The number of H-pyrrole nitrogens is 1. The van der Waals surface area contributed by atoms with Crippen LogP contribution in [0.3, 0.4) is 0 Å². The number of hydrogen-bond acceptors (Lipinski definition) is 6. The monoisotopic (exact) mass is 494 g/mol. The molecule has 0 radical (unpaired) electrons. The minimum Gasteiger partial charge on any atom is -0.469 e. The Balaban J connectivity index is 1.60. The number of benzene rings is 1. The Kier molecular flexibility index (Phi) is 5.89. The summed E-state index contributed by atoms with van der Waals surface area (Å²) in [5.41, 5.74) is -1.07. The van der Waals surface area contributed by atoms with Gasteiger partial charge in [0.1, 0.15) is 5.65 Å². The number of nitrogens with zero attached hydrogens (tertiary/aromatic N) is 2. The van der Waals surface area contributed by atoms with Crippen molar-refractivity contribution in [3.05, 3.63) is 58.6 Å². The van der Waals surface area contributed by atoms with E-state index in [-0.39, 0.29) is 17.7 Å². The van der Waals surface area contributed by atoms with E-state index in [1.54, 1.807) is 0 Å². The topological polar surface area (TPSA) is 121 Å². The van der Waals surface area contributed by atoms with Crippen molar-refractivity contribution in [3.63, 3.8) is 0 Å². The van der Waals surface area contributed by atoms with Gasteiger partial charge < -0.3 is 9.72 Å². The molecule has 1 saturated carbocycles. The second-order valence-electron chi connectivity index (χ2n) is 7.88. The maximum absolute atomic E-state index is 15.2. The van der Waals surface area contributed by atoms with Crippen LogP contribution < -0.4 is 4.72 Å². The molecule has 1 aliphatic carbocycles. The molecule has 0 atom stereocenters. The van der Waals surface area contributed by atoms with Gasteiger partial charge in [0.05, 0.1) is 28.8 Å². The largest absolute Gasteiger partial charge is 0.469 e. The van der Waals surface area contributed by atoms with E-state index in [0.717, 1.165) is 4.31 Å². The van der Waals surface area contributed by atoms with Crippen molar-refractivity contribution in [2.45, 2.75) is 12.8 Å². The summed E-state index contributed by atoms with van der Waals surface area (Å²) in [7, 11) is -1.70. The first-order chi connectivity index (χ1) is 15.6. The lowest BCUT2D eigenvalue weighted by molar-refractivity contribution is -0.147. The zero-order chi connectivity index (χ0) is 24.0. The summed E-state index contributed by atoms with van der Waals surface area (Å²) >= 11 is 5.96. The summed E-state index contributed by atoms with van der Waals surface area (Å²) < 4.78 is 48.6. The molecule has 0 amide bonds. The fourth-order valence-electron chi connectivity index (χ4n) is 3.62. The molecule has 2 aromatic heterocycles. The molecule has 4 rings (SSSR count). The van der Waals surface area contributed by atoms with Crippen molar-refractivity contribution in [1.29, 1.82) is 0 Å². The van der Waals surface area contributed by atoms with Crippen molar-refractivity contribution >= 4 is 50.3 Å². The number of aromatic nitrogens is 2. The SMILES string of the molecule is COC(=O)C1(CN(C)S(=O)(=O)Nc2cccc(C(=O)c3c[nH]c4ncc(Cl)cc34)c2F)CC1. The lowest BCUT2D eigenvalue weighted by Gasteiger charge is -2.22. The normalized spacial score (nSPS) is 14.9. The lowest BCUT2D eigenvalue weighted by atomic mass is 10.0. The van der Waals surface area contributed by atoms with E-state index in [0.29, 0.717) is 28.9 Å². The van der Waals surface area contributed by atoms with Crippen LogP contribution in [0.1, 0.15) is 28.8 Å². The highest BCUT2D eigenvalue weighted by Gasteiger charge is 2.52. The highest BCUT2D eigenvalue weighted by atomic mass is 35.5. The molecule has 1 aliphatic rings. The molecule has 1 aromatic carbocycles. The number of ketones is 1. The van der Waals surface area contributed by atoms with Gasteiger partial charge in [0.2, 0.25) is 0 Å². The van der Waals surface area contributed by atoms with Gasteiger partial charge in [-0.3, -0.25) is 14.3 Å². The Bertz CT molecular complexity index is 1370. The number of pyridine rings is 1. The third-order valence-corrected chi connectivity index (χ3v) is 7.27. The zero-order valence-electron chi connectivity index (χ0n) is 17.7. The highest BCUT2D eigenvalue weighted by molar-refractivity contribution is 7.90. The van der Waals surface area contributed by atoms with E-state index in [2.05, 4.69) is 14.7 Å². The van der Waals surface area contributed by atoms with Crippen LogP contribution in [-0.2, 0) is 19.7 Å². The summed E-state index contributed by atoms with van der Waals surface area (Å²) in [6, 6.07) is 5.36. The van der Waals surface area contributed by atoms with Crippen molar-refractivity contribution in [3.8, 4) is 0 Å². The van der Waals surface area contributed by atoms with Gasteiger partial charge in [0.15, 0.2) is 11.6 Å². The first kappa shape index (κ1) is 23.1. The predicted molar refractivity (Wildman–Crippen MR) is 120 cm³/mol. The fraction of sp³-hybridized carbons (Fsp3) is 0.286. The predicted octanol–water partition coefficient (Wildman–Crippen LogP) is 3.13. The molecule has 1 fully saturated rings. The van der Waals surface area contributed by atoms with Crippen LogP contribution in [0.5, 0.6) is 0 Å². The molecule has 3 aromatic rings. The number of esters is 1. The number of halogens is 2. The molecular weight excluding hydrogens is 475 g/mol. The number of nitrogens with one attached hydrogen (secondary N) is 2. The van der Waals surface area contributed by atoms with Gasteiger partial charge in [-0.15, -0.1) is 0 Å². The second-order valence-corrected chi connectivity index (χ2v) is 10.1. The van der Waals surface area contributed by atoms with E-state index < -0.39 is 38.9 Å². The molecule has 12 heteroatoms. The van der Waals surface area contributed by atoms with E-state index in [1.807, 2.05) is 0 Å². The van der Waals surface area contributed by atoms with Crippen LogP contribution in [0.15, 0.2) is 36.7 Å². The van der Waals surface area contributed by atoms with Crippen LogP contribution in [0.4, 0.5) is 10.1 Å². The molecule has 9 nitrogen and oxygen atoms in total. The number of fused-ring (bicyclic) bond motifs is 1. The Morgan fingerprint density at radius 2 is 2.06 bits per heavy atom. The van der Waals surface area contributed by atoms with E-state index in [4.69, 9.17) is 16.3 Å². The summed E-state index contributed by atoms with van der Waals surface area (Å²) in [5.74, 6) is -2.19. The molecule has 2 N–H and O–H groups in total. The number of aromatic amines is 1. The van der Waals surface area contributed by atoms with Gasteiger partial charge in [0, 0.05) is 36.9 Å². The quantitative estimate of drug-likeness (QED) is 0.366. The molecule has 0 saturated heterocycles. The summed E-state index contributed by atoms with van der Waals surface area (Å²) in [6.45, 7) is -0.113. The first-order valence-corrected chi connectivity index (χ1v) is 11.7. The molecular formula is C21H20ClFN4O5S. The number of rotatable bonds is 8. The summed E-state index contributed by atoms with van der Waals surface area (Å²) in [5, 5.41) is 0.719. The molecule has 0 unspecified atom stereocenters. The molecule has 174 valence electrons. The molecule has 0 bridgehead atoms. The van der Waals surface area contributed by atoms with E-state index in [1.165, 1.54) is 50.8 Å².